The second-order valence-electron chi connectivity index (χ2n) is 8.59. The van der Waals surface area contributed by atoms with Crippen LogP contribution >= 0.6 is 0 Å². The van der Waals surface area contributed by atoms with Crippen molar-refractivity contribution < 1.29 is 14.2 Å². The van der Waals surface area contributed by atoms with Gasteiger partial charge in [-0.3, -0.25) is 9.36 Å². The van der Waals surface area contributed by atoms with E-state index >= 15 is 0 Å². The molecule has 5 rings (SSSR count). The first-order valence-corrected chi connectivity index (χ1v) is 11.8. The normalized spacial score (nSPS) is 14.4. The standard InChI is InChI=1S/C29H28N2O4/c1-33-26-17-24-25(18-27(26)34-2)30-28-22(12-6-7-14-31(28)29(24)32)15-21-11-8-13-23(16-21)35-19-20-9-4-3-5-10-20/h3-5,8-11,13,15-18H,6-7,12,14,19H2,1-2H3/b22-15+. The molecule has 0 N–H and O–H groups in total. The smallest absolute Gasteiger partial charge is 0.261 e. The highest BCUT2D eigenvalue weighted by Crippen LogP contribution is 2.32. The van der Waals surface area contributed by atoms with Gasteiger partial charge < -0.3 is 14.2 Å². The molecule has 0 spiro atoms. The van der Waals surface area contributed by atoms with Crippen LogP contribution < -0.4 is 19.8 Å². The Morgan fingerprint density at radius 2 is 1.74 bits per heavy atom. The number of rotatable bonds is 6. The fraction of sp³-hybridized carbons (Fsp3) is 0.241. The van der Waals surface area contributed by atoms with Gasteiger partial charge in [-0.2, -0.15) is 0 Å². The molecule has 2 heterocycles. The number of ether oxygens (including phenoxy) is 3. The molecule has 0 fully saturated rings. The van der Waals surface area contributed by atoms with Gasteiger partial charge in [0.15, 0.2) is 11.5 Å². The first-order valence-electron chi connectivity index (χ1n) is 11.8. The number of fused-ring (bicyclic) bond motifs is 2. The Kier molecular flexibility index (Phi) is 6.53. The first kappa shape index (κ1) is 22.7. The molecule has 0 atom stereocenters. The Labute approximate surface area is 204 Å². The molecule has 3 aromatic carbocycles. The van der Waals surface area contributed by atoms with Crippen molar-refractivity contribution in [1.29, 1.82) is 0 Å². The molecule has 1 aliphatic rings. The van der Waals surface area contributed by atoms with Gasteiger partial charge in [0.1, 0.15) is 18.2 Å². The fourth-order valence-electron chi connectivity index (χ4n) is 4.47. The highest BCUT2D eigenvalue weighted by atomic mass is 16.5. The number of nitrogens with zero attached hydrogens (tertiary/aromatic N) is 2. The Morgan fingerprint density at radius 1 is 0.943 bits per heavy atom. The lowest BCUT2D eigenvalue weighted by Gasteiger charge is -2.14. The van der Waals surface area contributed by atoms with Crippen molar-refractivity contribution in [2.45, 2.75) is 32.4 Å². The predicted molar refractivity (Wildman–Crippen MR) is 138 cm³/mol. The third kappa shape index (κ3) is 4.78. The molecule has 0 bridgehead atoms. The minimum Gasteiger partial charge on any atom is -0.493 e. The van der Waals surface area contributed by atoms with Gasteiger partial charge in [-0.15, -0.1) is 0 Å². The van der Waals surface area contributed by atoms with E-state index in [9.17, 15) is 4.79 Å². The summed E-state index contributed by atoms with van der Waals surface area (Å²) in [6.45, 7) is 1.15. The zero-order valence-corrected chi connectivity index (χ0v) is 20.0. The second-order valence-corrected chi connectivity index (χ2v) is 8.59. The molecule has 6 nitrogen and oxygen atoms in total. The predicted octanol–water partition coefficient (Wildman–Crippen LogP) is 5.72. The van der Waals surface area contributed by atoms with E-state index in [1.54, 1.807) is 30.9 Å². The van der Waals surface area contributed by atoms with Crippen molar-refractivity contribution >= 4 is 22.6 Å². The molecule has 4 aromatic rings. The molecule has 1 aromatic heterocycles. The van der Waals surface area contributed by atoms with Crippen LogP contribution in [0.25, 0.3) is 22.6 Å². The molecule has 0 saturated heterocycles. The molecule has 0 aliphatic carbocycles. The molecule has 35 heavy (non-hydrogen) atoms. The van der Waals surface area contributed by atoms with Crippen molar-refractivity contribution in [1.82, 2.24) is 9.55 Å². The lowest BCUT2D eigenvalue weighted by Crippen LogP contribution is -2.24. The summed E-state index contributed by atoms with van der Waals surface area (Å²) >= 11 is 0. The highest BCUT2D eigenvalue weighted by molar-refractivity contribution is 5.86. The molecule has 178 valence electrons. The second kappa shape index (κ2) is 10.1. The van der Waals surface area contributed by atoms with Gasteiger partial charge in [-0.25, -0.2) is 4.98 Å². The molecule has 0 unspecified atom stereocenters. The van der Waals surface area contributed by atoms with Crippen molar-refractivity contribution in [3.05, 3.63) is 94.0 Å². The van der Waals surface area contributed by atoms with E-state index < -0.39 is 0 Å². The summed E-state index contributed by atoms with van der Waals surface area (Å²) < 4.78 is 18.7. The Bertz CT molecular complexity index is 1440. The van der Waals surface area contributed by atoms with Gasteiger partial charge in [0.2, 0.25) is 0 Å². The van der Waals surface area contributed by atoms with Gasteiger partial charge in [0, 0.05) is 12.6 Å². The number of benzene rings is 3. The maximum Gasteiger partial charge on any atom is 0.261 e. The molecular weight excluding hydrogens is 440 g/mol. The van der Waals surface area contributed by atoms with E-state index in [2.05, 4.69) is 6.08 Å². The SMILES string of the molecule is COc1cc2nc3n(c(=O)c2cc1OC)CCCC/C3=C\c1cccc(OCc2ccccc2)c1. The van der Waals surface area contributed by atoms with Gasteiger partial charge in [-0.1, -0.05) is 42.5 Å². The van der Waals surface area contributed by atoms with E-state index in [4.69, 9.17) is 19.2 Å². The molecular formula is C29H28N2O4. The number of allylic oxidation sites excluding steroid dienone is 1. The van der Waals surface area contributed by atoms with E-state index in [0.29, 0.717) is 41.4 Å². The number of aromatic nitrogens is 2. The number of hydrogen-bond donors (Lipinski definition) is 0. The van der Waals surface area contributed by atoms with E-state index in [1.807, 2.05) is 54.6 Å². The van der Waals surface area contributed by atoms with Crippen LogP contribution in [-0.2, 0) is 13.2 Å². The first-order chi connectivity index (χ1) is 17.2. The number of hydrogen-bond acceptors (Lipinski definition) is 5. The van der Waals surface area contributed by atoms with Crippen LogP contribution in [0.4, 0.5) is 0 Å². The monoisotopic (exact) mass is 468 g/mol. The minimum absolute atomic E-state index is 0.0568. The van der Waals surface area contributed by atoms with Crippen molar-refractivity contribution in [2.24, 2.45) is 0 Å². The molecule has 6 heteroatoms. The largest absolute Gasteiger partial charge is 0.493 e. The topological polar surface area (TPSA) is 62.6 Å². The summed E-state index contributed by atoms with van der Waals surface area (Å²) in [4.78, 5) is 18.4. The average molecular weight is 469 g/mol. The van der Waals surface area contributed by atoms with Gasteiger partial charge in [0.05, 0.1) is 25.1 Å². The van der Waals surface area contributed by atoms with E-state index in [-0.39, 0.29) is 5.56 Å². The maximum absolute atomic E-state index is 13.4. The Morgan fingerprint density at radius 3 is 2.54 bits per heavy atom. The summed E-state index contributed by atoms with van der Waals surface area (Å²) in [6, 6.07) is 21.6. The number of methoxy groups -OCH3 is 2. The van der Waals surface area contributed by atoms with Crippen LogP contribution in [0.3, 0.4) is 0 Å². The summed E-state index contributed by atoms with van der Waals surface area (Å²) in [5.41, 5.74) is 3.72. The lowest BCUT2D eigenvalue weighted by molar-refractivity contribution is 0.306. The zero-order chi connectivity index (χ0) is 24.2. The van der Waals surface area contributed by atoms with Crippen LogP contribution in [-0.4, -0.2) is 23.8 Å². The maximum atomic E-state index is 13.4. The Hall–Kier alpha value is -4.06. The van der Waals surface area contributed by atoms with Crippen LogP contribution in [0.1, 0.15) is 36.2 Å². The lowest BCUT2D eigenvalue weighted by atomic mass is 10.0. The van der Waals surface area contributed by atoms with Crippen molar-refractivity contribution in [2.75, 3.05) is 14.2 Å². The van der Waals surface area contributed by atoms with Crippen LogP contribution in [0, 0.1) is 0 Å². The van der Waals surface area contributed by atoms with E-state index in [1.165, 1.54) is 0 Å². The summed E-state index contributed by atoms with van der Waals surface area (Å²) in [6.07, 6.45) is 4.87. The highest BCUT2D eigenvalue weighted by Gasteiger charge is 2.19. The van der Waals surface area contributed by atoms with Crippen LogP contribution in [0.2, 0.25) is 0 Å². The van der Waals surface area contributed by atoms with Gasteiger partial charge >= 0.3 is 0 Å². The summed E-state index contributed by atoms with van der Waals surface area (Å²) in [7, 11) is 3.15. The minimum atomic E-state index is -0.0568. The molecule has 0 radical (unpaired) electrons. The molecule has 1 aliphatic heterocycles. The van der Waals surface area contributed by atoms with Crippen LogP contribution in [0.15, 0.2) is 71.5 Å². The average Bonchev–Trinajstić information content (AvgIpc) is 3.10. The van der Waals surface area contributed by atoms with Crippen LogP contribution in [0.5, 0.6) is 17.2 Å². The quantitative estimate of drug-likeness (QED) is 0.362. The zero-order valence-electron chi connectivity index (χ0n) is 20.0. The van der Waals surface area contributed by atoms with Crippen molar-refractivity contribution in [3.63, 3.8) is 0 Å². The van der Waals surface area contributed by atoms with Crippen molar-refractivity contribution in [3.8, 4) is 17.2 Å². The summed E-state index contributed by atoms with van der Waals surface area (Å²) in [5, 5.41) is 0.531. The van der Waals surface area contributed by atoms with Gasteiger partial charge in [0.25, 0.3) is 5.56 Å². The third-order valence-electron chi connectivity index (χ3n) is 6.27. The fourth-order valence-corrected chi connectivity index (χ4v) is 4.47. The third-order valence-corrected chi connectivity index (χ3v) is 6.27. The molecule has 0 saturated carbocycles. The Balaban J connectivity index is 1.53. The van der Waals surface area contributed by atoms with E-state index in [0.717, 1.165) is 41.7 Å². The summed E-state index contributed by atoms with van der Waals surface area (Å²) in [5.74, 6) is 2.59. The molecule has 0 amide bonds. The van der Waals surface area contributed by atoms with Gasteiger partial charge in [-0.05, 0) is 60.2 Å².